The summed E-state index contributed by atoms with van der Waals surface area (Å²) < 4.78 is 10.8. The van der Waals surface area contributed by atoms with Crippen LogP contribution in [0.3, 0.4) is 0 Å². The van der Waals surface area contributed by atoms with Crippen LogP contribution in [0.1, 0.15) is 44.7 Å². The van der Waals surface area contributed by atoms with Crippen LogP contribution in [0.25, 0.3) is 6.08 Å². The van der Waals surface area contributed by atoms with Crippen molar-refractivity contribution in [1.82, 2.24) is 0 Å². The maximum atomic E-state index is 11.3. The van der Waals surface area contributed by atoms with Gasteiger partial charge < -0.3 is 4.55 Å². The molecule has 0 aliphatic carbocycles. The second kappa shape index (κ2) is 5.71. The summed E-state index contributed by atoms with van der Waals surface area (Å²) in [6.45, 7) is 8.08. The molecule has 2 N–H and O–H groups in total. The molecule has 0 heterocycles. The smallest absolute Gasteiger partial charge is 0.157 e. The van der Waals surface area contributed by atoms with E-state index in [1.807, 2.05) is 38.1 Å². The van der Waals surface area contributed by atoms with Crippen molar-refractivity contribution < 1.29 is 4.55 Å². The summed E-state index contributed by atoms with van der Waals surface area (Å²) in [5, 5.41) is 5.45. The highest BCUT2D eigenvalue weighted by atomic mass is 32.2. The van der Waals surface area contributed by atoms with Crippen molar-refractivity contribution in [1.29, 1.82) is 0 Å². The van der Waals surface area contributed by atoms with E-state index in [-0.39, 0.29) is 0 Å². The molecule has 0 saturated heterocycles. The van der Waals surface area contributed by atoms with Gasteiger partial charge in [0, 0.05) is 11.4 Å². The number of rotatable bonds is 4. The summed E-state index contributed by atoms with van der Waals surface area (Å²) in [4.78, 5) is 0. The second-order valence-corrected chi connectivity index (χ2v) is 6.66. The van der Waals surface area contributed by atoms with Crippen LogP contribution in [0.5, 0.6) is 0 Å². The van der Waals surface area contributed by atoms with Crippen molar-refractivity contribution in [3.63, 3.8) is 0 Å². The van der Waals surface area contributed by atoms with Crippen LogP contribution in [0.15, 0.2) is 30.3 Å². The molecule has 0 radical (unpaired) electrons. The Labute approximate surface area is 107 Å². The zero-order chi connectivity index (χ0) is 13.1. The predicted molar refractivity (Wildman–Crippen MR) is 76.0 cm³/mol. The molecule has 1 rings (SSSR count). The lowest BCUT2D eigenvalue weighted by molar-refractivity contribution is 0.573. The van der Waals surface area contributed by atoms with Crippen LogP contribution in [0.4, 0.5) is 0 Å². The molecular weight excluding hydrogens is 230 g/mol. The Hall–Kier alpha value is -0.770. The summed E-state index contributed by atoms with van der Waals surface area (Å²) in [5.74, 6) is 0.474. The van der Waals surface area contributed by atoms with Crippen molar-refractivity contribution in [2.24, 2.45) is 5.14 Å². The van der Waals surface area contributed by atoms with E-state index in [1.54, 1.807) is 0 Å². The van der Waals surface area contributed by atoms with Gasteiger partial charge in [-0.25, -0.2) is 0 Å². The summed E-state index contributed by atoms with van der Waals surface area (Å²) in [6, 6.07) is 8.25. The van der Waals surface area contributed by atoms with Crippen LogP contribution in [-0.4, -0.2) is 9.30 Å². The number of nitrogens with two attached hydrogens (primary N) is 1. The fourth-order valence-corrected chi connectivity index (χ4v) is 1.75. The minimum absolute atomic E-state index is 0.474. The van der Waals surface area contributed by atoms with E-state index in [4.69, 9.17) is 5.14 Å². The van der Waals surface area contributed by atoms with E-state index in [0.29, 0.717) is 5.92 Å². The van der Waals surface area contributed by atoms with Crippen LogP contribution >= 0.6 is 0 Å². The van der Waals surface area contributed by atoms with Crippen LogP contribution < -0.4 is 5.14 Å². The molecule has 1 aromatic carbocycles. The molecule has 0 aliphatic rings. The standard InChI is InChI=1S/C14H21NOS/c1-11(2)13-8-6-5-7-12(13)9-10-14(3,4)17(15)16/h5-11H,15H2,1-4H3/b10-9-. The molecule has 1 aromatic rings. The number of hydrogen-bond acceptors (Lipinski definition) is 2. The first-order valence-corrected chi connectivity index (χ1v) is 7.00. The topological polar surface area (TPSA) is 49.1 Å². The van der Waals surface area contributed by atoms with Crippen LogP contribution in [0.2, 0.25) is 0 Å². The molecule has 2 nitrogen and oxygen atoms in total. The second-order valence-electron chi connectivity index (χ2n) is 5.02. The molecule has 1 unspecified atom stereocenters. The Bertz CT molecular complexity index is 397. The highest BCUT2D eigenvalue weighted by molar-refractivity contribution is 7.90. The van der Waals surface area contributed by atoms with Crippen molar-refractivity contribution in [2.45, 2.75) is 38.4 Å². The summed E-state index contributed by atoms with van der Waals surface area (Å²) in [6.07, 6.45) is 3.93. The highest BCUT2D eigenvalue weighted by Crippen LogP contribution is 2.23. The average Bonchev–Trinajstić information content (AvgIpc) is 2.26. The third-order valence-electron chi connectivity index (χ3n) is 2.80. The molecule has 17 heavy (non-hydrogen) atoms. The third kappa shape index (κ3) is 3.87. The molecule has 3 heteroatoms. The van der Waals surface area contributed by atoms with Crippen molar-refractivity contribution in [3.8, 4) is 0 Å². The van der Waals surface area contributed by atoms with E-state index in [2.05, 4.69) is 26.0 Å². The quantitative estimate of drug-likeness (QED) is 0.835. The summed E-state index contributed by atoms with van der Waals surface area (Å²) in [7, 11) is 0. The van der Waals surface area contributed by atoms with Gasteiger partial charge >= 0.3 is 0 Å². The van der Waals surface area contributed by atoms with E-state index >= 15 is 0 Å². The largest absolute Gasteiger partial charge is 0.598 e. The molecule has 0 amide bonds. The van der Waals surface area contributed by atoms with Gasteiger partial charge in [-0.1, -0.05) is 44.2 Å². The van der Waals surface area contributed by atoms with E-state index in [9.17, 15) is 4.55 Å². The minimum atomic E-state index is -1.35. The maximum Gasteiger partial charge on any atom is 0.157 e. The average molecular weight is 251 g/mol. The van der Waals surface area contributed by atoms with Gasteiger partial charge in [0.2, 0.25) is 0 Å². The van der Waals surface area contributed by atoms with Gasteiger partial charge in [-0.2, -0.15) is 5.14 Å². The van der Waals surface area contributed by atoms with E-state index in [1.165, 1.54) is 11.1 Å². The Balaban J connectivity index is 2.99. The molecular formula is C14H21NOS. The monoisotopic (exact) mass is 251 g/mol. The van der Waals surface area contributed by atoms with E-state index < -0.39 is 16.1 Å². The van der Waals surface area contributed by atoms with Crippen LogP contribution in [0, 0.1) is 0 Å². The lowest BCUT2D eigenvalue weighted by Gasteiger charge is -2.20. The molecule has 0 fully saturated rings. The molecule has 94 valence electrons. The first-order valence-electron chi connectivity index (χ1n) is 5.79. The molecule has 1 atom stereocenters. The first-order chi connectivity index (χ1) is 7.84. The van der Waals surface area contributed by atoms with Gasteiger partial charge in [0.1, 0.15) is 0 Å². The van der Waals surface area contributed by atoms with Gasteiger partial charge in [0.05, 0.1) is 0 Å². The molecule has 0 spiro atoms. The summed E-state index contributed by atoms with van der Waals surface area (Å²) in [5.41, 5.74) is 2.46. The maximum absolute atomic E-state index is 11.3. The third-order valence-corrected chi connectivity index (χ3v) is 3.97. The summed E-state index contributed by atoms with van der Waals surface area (Å²) >= 11 is -1.35. The Morgan fingerprint density at radius 1 is 1.29 bits per heavy atom. The van der Waals surface area contributed by atoms with Crippen LogP contribution in [-0.2, 0) is 11.4 Å². The van der Waals surface area contributed by atoms with Gasteiger partial charge in [-0.05, 0) is 37.0 Å². The normalized spacial score (nSPS) is 14.5. The fraction of sp³-hybridized carbons (Fsp3) is 0.429. The van der Waals surface area contributed by atoms with Gasteiger partial charge in [0.25, 0.3) is 0 Å². The SMILES string of the molecule is CC(C)c1ccccc1/C=C\C(C)(C)[S+](N)[O-]. The molecule has 0 bridgehead atoms. The first kappa shape index (κ1) is 14.3. The lowest BCUT2D eigenvalue weighted by atomic mass is 9.96. The van der Waals surface area contributed by atoms with E-state index in [0.717, 1.165) is 0 Å². The predicted octanol–water partition coefficient (Wildman–Crippen LogP) is 3.22. The molecule has 0 saturated carbocycles. The number of hydrogen-bond donors (Lipinski definition) is 1. The van der Waals surface area contributed by atoms with Gasteiger partial charge in [-0.3, -0.25) is 0 Å². The zero-order valence-electron chi connectivity index (χ0n) is 10.9. The Kier molecular flexibility index (Phi) is 4.80. The Morgan fingerprint density at radius 2 is 1.88 bits per heavy atom. The van der Waals surface area contributed by atoms with Gasteiger partial charge in [0.15, 0.2) is 4.75 Å². The lowest BCUT2D eigenvalue weighted by Crippen LogP contribution is -2.35. The van der Waals surface area contributed by atoms with Crippen molar-refractivity contribution >= 4 is 17.4 Å². The fourth-order valence-electron chi connectivity index (χ4n) is 1.55. The molecule has 0 aromatic heterocycles. The van der Waals surface area contributed by atoms with Crippen molar-refractivity contribution in [2.75, 3.05) is 0 Å². The van der Waals surface area contributed by atoms with Gasteiger partial charge in [-0.15, -0.1) is 0 Å². The highest BCUT2D eigenvalue weighted by Gasteiger charge is 2.25. The molecule has 0 aliphatic heterocycles. The minimum Gasteiger partial charge on any atom is -0.598 e. The zero-order valence-corrected chi connectivity index (χ0v) is 11.8. The number of benzene rings is 1. The van der Waals surface area contributed by atoms with Crippen molar-refractivity contribution in [3.05, 3.63) is 41.5 Å². The Morgan fingerprint density at radius 3 is 2.41 bits per heavy atom.